The summed E-state index contributed by atoms with van der Waals surface area (Å²) in [6.45, 7) is 1.79. The minimum Gasteiger partial charge on any atom is -0.742 e. The predicted molar refractivity (Wildman–Crippen MR) is 70.7 cm³/mol. The fraction of sp³-hybridized carbons (Fsp3) is 0.0833. The van der Waals surface area contributed by atoms with Crippen molar-refractivity contribution in [3.8, 4) is 0 Å². The summed E-state index contributed by atoms with van der Waals surface area (Å²) in [6, 6.07) is 5.52. The number of furan rings is 1. The highest BCUT2D eigenvalue weighted by molar-refractivity contribution is 7.85. The average molecular weight is 308 g/mol. The lowest BCUT2D eigenvalue weighted by atomic mass is 10.2. The number of nitrogens with one attached hydrogen (secondary N) is 1. The molecule has 0 radical (unpaired) electrons. The smallest absolute Gasteiger partial charge is 0.272 e. The molecule has 110 valence electrons. The van der Waals surface area contributed by atoms with Crippen molar-refractivity contribution in [3.05, 3.63) is 47.5 Å². The first-order chi connectivity index (χ1) is 9.86. The lowest BCUT2D eigenvalue weighted by Crippen LogP contribution is -2.17. The number of nitrogens with zero attached hydrogens (tertiary/aromatic N) is 2. The van der Waals surface area contributed by atoms with Gasteiger partial charge in [0, 0.05) is 11.9 Å². The number of aryl methyl sites for hydroxylation is 1. The van der Waals surface area contributed by atoms with E-state index in [0.717, 1.165) is 18.0 Å². The molecule has 0 saturated carbocycles. The number of hydrazone groups is 1. The molecule has 0 atom stereocenters. The first-order valence-electron chi connectivity index (χ1n) is 5.68. The Kier molecular flexibility index (Phi) is 4.15. The maximum absolute atomic E-state index is 11.7. The highest BCUT2D eigenvalue weighted by Crippen LogP contribution is 2.11. The quantitative estimate of drug-likeness (QED) is 0.502. The number of rotatable bonds is 4. The second kappa shape index (κ2) is 5.85. The molecule has 0 bridgehead atoms. The van der Waals surface area contributed by atoms with Gasteiger partial charge in [0.2, 0.25) is 5.09 Å². The molecule has 0 aliphatic carbocycles. The predicted octanol–water partition coefficient (Wildman–Crippen LogP) is 0.651. The fourth-order valence-electron chi connectivity index (χ4n) is 1.36. The Labute approximate surface area is 120 Å². The zero-order valence-corrected chi connectivity index (χ0v) is 11.6. The van der Waals surface area contributed by atoms with Crippen molar-refractivity contribution >= 4 is 22.2 Å². The first kappa shape index (κ1) is 14.9. The first-order valence-corrected chi connectivity index (χ1v) is 7.09. The van der Waals surface area contributed by atoms with Gasteiger partial charge in [-0.25, -0.2) is 13.8 Å². The van der Waals surface area contributed by atoms with Gasteiger partial charge in [-0.1, -0.05) is 0 Å². The van der Waals surface area contributed by atoms with Crippen LogP contribution in [0.2, 0.25) is 0 Å². The Bertz CT molecular complexity index is 777. The van der Waals surface area contributed by atoms with E-state index >= 15 is 0 Å². The number of pyridine rings is 1. The van der Waals surface area contributed by atoms with Gasteiger partial charge in [-0.05, 0) is 31.2 Å². The van der Waals surface area contributed by atoms with Crippen molar-refractivity contribution in [2.24, 2.45) is 5.10 Å². The van der Waals surface area contributed by atoms with Gasteiger partial charge >= 0.3 is 0 Å². The summed E-state index contributed by atoms with van der Waals surface area (Å²) < 4.78 is 36.7. The van der Waals surface area contributed by atoms with Crippen LogP contribution in [0, 0.1) is 6.92 Å². The minimum atomic E-state index is -4.64. The van der Waals surface area contributed by atoms with E-state index in [9.17, 15) is 17.8 Å². The van der Waals surface area contributed by atoms with E-state index < -0.39 is 21.1 Å². The monoisotopic (exact) mass is 308 g/mol. The molecule has 2 aromatic heterocycles. The van der Waals surface area contributed by atoms with E-state index in [1.807, 2.05) is 0 Å². The molecule has 1 N–H and O–H groups in total. The Hall–Kier alpha value is -2.52. The highest BCUT2D eigenvalue weighted by Gasteiger charge is 2.07. The van der Waals surface area contributed by atoms with Gasteiger partial charge < -0.3 is 8.97 Å². The van der Waals surface area contributed by atoms with Crippen molar-refractivity contribution in [1.82, 2.24) is 10.4 Å². The van der Waals surface area contributed by atoms with E-state index in [1.54, 1.807) is 19.1 Å². The van der Waals surface area contributed by atoms with Crippen LogP contribution in [-0.4, -0.2) is 30.1 Å². The standard InChI is InChI=1S/C12H11N3O5S/c1-8-2-3-9(6-13-8)12(16)15-14-7-10-4-5-11(20-10)21(17,18)19/h2-7H,1H3,(H,15,16)(H,17,18,19)/p-1/b14-7+. The Balaban J connectivity index is 2.01. The highest BCUT2D eigenvalue weighted by atomic mass is 32.2. The van der Waals surface area contributed by atoms with E-state index in [-0.39, 0.29) is 5.76 Å². The number of hydrogen-bond donors (Lipinski definition) is 1. The second-order valence-corrected chi connectivity index (χ2v) is 5.31. The number of carbonyl (C=O) groups excluding carboxylic acids is 1. The van der Waals surface area contributed by atoms with Crippen LogP contribution in [0.1, 0.15) is 21.8 Å². The van der Waals surface area contributed by atoms with Crippen LogP contribution in [0.3, 0.4) is 0 Å². The molecule has 21 heavy (non-hydrogen) atoms. The van der Waals surface area contributed by atoms with Crippen LogP contribution < -0.4 is 5.43 Å². The SMILES string of the molecule is Cc1ccc(C(=O)N/N=C/c2ccc(S(=O)(=O)[O-])o2)cn1. The molecule has 2 rings (SSSR count). The summed E-state index contributed by atoms with van der Waals surface area (Å²) in [5, 5.41) is 2.88. The second-order valence-electron chi connectivity index (χ2n) is 4.00. The molecule has 8 nitrogen and oxygen atoms in total. The van der Waals surface area contributed by atoms with Crippen LogP contribution in [0.4, 0.5) is 0 Å². The molecule has 0 aromatic carbocycles. The molecule has 0 unspecified atom stereocenters. The number of aromatic nitrogens is 1. The summed E-state index contributed by atoms with van der Waals surface area (Å²) in [5.41, 5.74) is 3.31. The van der Waals surface area contributed by atoms with Crippen LogP contribution in [0.15, 0.2) is 45.1 Å². The number of amides is 1. The third kappa shape index (κ3) is 3.97. The van der Waals surface area contributed by atoms with Crippen molar-refractivity contribution in [2.45, 2.75) is 12.0 Å². The van der Waals surface area contributed by atoms with E-state index in [1.165, 1.54) is 12.3 Å². The van der Waals surface area contributed by atoms with Crippen molar-refractivity contribution < 1.29 is 22.2 Å². The van der Waals surface area contributed by atoms with E-state index in [2.05, 4.69) is 15.5 Å². The van der Waals surface area contributed by atoms with Crippen molar-refractivity contribution in [2.75, 3.05) is 0 Å². The largest absolute Gasteiger partial charge is 0.742 e. The molecular weight excluding hydrogens is 298 g/mol. The average Bonchev–Trinajstić information content (AvgIpc) is 2.88. The zero-order chi connectivity index (χ0) is 15.5. The van der Waals surface area contributed by atoms with Crippen LogP contribution in [-0.2, 0) is 10.1 Å². The summed E-state index contributed by atoms with van der Waals surface area (Å²) in [4.78, 5) is 15.6. The normalized spacial score (nSPS) is 11.7. The van der Waals surface area contributed by atoms with Crippen molar-refractivity contribution in [3.63, 3.8) is 0 Å². The Morgan fingerprint density at radius 3 is 2.71 bits per heavy atom. The number of carbonyl (C=O) groups is 1. The molecule has 2 heterocycles. The molecule has 0 spiro atoms. The van der Waals surface area contributed by atoms with Gasteiger partial charge in [0.1, 0.15) is 5.76 Å². The summed E-state index contributed by atoms with van der Waals surface area (Å²) in [7, 11) is -4.64. The summed E-state index contributed by atoms with van der Waals surface area (Å²) in [6.07, 6.45) is 2.48. The lowest BCUT2D eigenvalue weighted by Gasteiger charge is -2.00. The summed E-state index contributed by atoms with van der Waals surface area (Å²) >= 11 is 0. The molecule has 2 aromatic rings. The van der Waals surface area contributed by atoms with Crippen LogP contribution in [0.25, 0.3) is 0 Å². The molecular formula is C12H10N3O5S-. The van der Waals surface area contributed by atoms with Gasteiger partial charge in [0.15, 0.2) is 10.1 Å². The van der Waals surface area contributed by atoms with Crippen LogP contribution in [0.5, 0.6) is 0 Å². The topological polar surface area (TPSA) is 125 Å². The maximum atomic E-state index is 11.7. The minimum absolute atomic E-state index is 0.0201. The van der Waals surface area contributed by atoms with E-state index in [4.69, 9.17) is 4.42 Å². The molecule has 9 heteroatoms. The fourth-order valence-corrected chi connectivity index (χ4v) is 1.79. The molecule has 0 aliphatic heterocycles. The molecule has 0 fully saturated rings. The summed E-state index contributed by atoms with van der Waals surface area (Å²) in [5.74, 6) is -0.464. The number of hydrogen-bond acceptors (Lipinski definition) is 7. The molecule has 1 amide bonds. The van der Waals surface area contributed by atoms with Gasteiger partial charge in [0.25, 0.3) is 5.91 Å². The van der Waals surface area contributed by atoms with E-state index in [0.29, 0.717) is 5.56 Å². The van der Waals surface area contributed by atoms with Gasteiger partial charge in [-0.15, -0.1) is 0 Å². The lowest BCUT2D eigenvalue weighted by molar-refractivity contribution is 0.0954. The van der Waals surface area contributed by atoms with Gasteiger partial charge in [-0.2, -0.15) is 5.10 Å². The molecule has 0 saturated heterocycles. The zero-order valence-electron chi connectivity index (χ0n) is 10.8. The third-order valence-electron chi connectivity index (χ3n) is 2.38. The van der Waals surface area contributed by atoms with Crippen molar-refractivity contribution in [1.29, 1.82) is 0 Å². The Morgan fingerprint density at radius 2 is 2.14 bits per heavy atom. The third-order valence-corrected chi connectivity index (χ3v) is 3.09. The Morgan fingerprint density at radius 1 is 1.38 bits per heavy atom. The van der Waals surface area contributed by atoms with Gasteiger partial charge in [0.05, 0.1) is 11.8 Å². The van der Waals surface area contributed by atoms with Crippen LogP contribution >= 0.6 is 0 Å². The molecule has 0 aliphatic rings. The van der Waals surface area contributed by atoms with Gasteiger partial charge in [-0.3, -0.25) is 9.78 Å². The maximum Gasteiger partial charge on any atom is 0.272 e.